The van der Waals surface area contributed by atoms with Crippen LogP contribution < -0.4 is 5.73 Å². The number of hydrogen-bond donors (Lipinski definition) is 1. The Labute approximate surface area is 78.2 Å². The van der Waals surface area contributed by atoms with Crippen LogP contribution in [0.4, 0.5) is 5.95 Å². The Balaban J connectivity index is 0. The number of hydrogen-bond acceptors (Lipinski definition) is 3. The number of anilines is 1. The van der Waals surface area contributed by atoms with E-state index in [1.807, 2.05) is 13.8 Å². The zero-order valence-electron chi connectivity index (χ0n) is 6.37. The fourth-order valence-electron chi connectivity index (χ4n) is 0.545. The summed E-state index contributed by atoms with van der Waals surface area (Å²) in [6.07, 6.45) is 1.72. The third-order valence-electron chi connectivity index (χ3n) is 1.24. The third kappa shape index (κ3) is 3.39. The minimum Gasteiger partial charge on any atom is -0.368 e. The van der Waals surface area contributed by atoms with Gasteiger partial charge in [-0.05, 0) is 19.4 Å². The molecule has 0 saturated heterocycles. The lowest BCUT2D eigenvalue weighted by Gasteiger charge is -1.96. The Kier molecular flexibility index (Phi) is 6.13. The van der Waals surface area contributed by atoms with E-state index in [1.54, 1.807) is 6.20 Å². The van der Waals surface area contributed by atoms with Gasteiger partial charge in [-0.2, -0.15) is 0 Å². The number of nitrogens with two attached hydrogens (primary N) is 1. The molecule has 5 heteroatoms. The lowest BCUT2D eigenvalue weighted by molar-refractivity contribution is 1.08. The topological polar surface area (TPSA) is 51.8 Å². The number of nitrogens with zero attached hydrogens (tertiary/aromatic N) is 2. The predicted molar refractivity (Wildman–Crippen MR) is 50.4 cm³/mol. The fourth-order valence-corrected chi connectivity index (χ4v) is 0.545. The van der Waals surface area contributed by atoms with Crippen molar-refractivity contribution < 1.29 is 0 Å². The van der Waals surface area contributed by atoms with Gasteiger partial charge in [0.1, 0.15) is 0 Å². The molecule has 0 aliphatic carbocycles. The van der Waals surface area contributed by atoms with Gasteiger partial charge in [-0.1, -0.05) is 0 Å². The first-order valence-electron chi connectivity index (χ1n) is 2.76. The molecule has 1 aromatic heterocycles. The summed E-state index contributed by atoms with van der Waals surface area (Å²) < 4.78 is 0. The summed E-state index contributed by atoms with van der Waals surface area (Å²) >= 11 is 0. The average Bonchev–Trinajstić information content (AvgIpc) is 1.80. The molecule has 64 valence electrons. The van der Waals surface area contributed by atoms with Gasteiger partial charge in [-0.25, -0.2) is 9.97 Å². The molecule has 3 nitrogen and oxygen atoms in total. The van der Waals surface area contributed by atoms with E-state index < -0.39 is 0 Å². The van der Waals surface area contributed by atoms with Crippen LogP contribution in [0.2, 0.25) is 0 Å². The molecule has 11 heavy (non-hydrogen) atoms. The second-order valence-electron chi connectivity index (χ2n) is 2.00. The van der Waals surface area contributed by atoms with E-state index in [-0.39, 0.29) is 24.8 Å². The molecular weight excluding hydrogens is 185 g/mol. The van der Waals surface area contributed by atoms with E-state index in [9.17, 15) is 0 Å². The summed E-state index contributed by atoms with van der Waals surface area (Å²) in [6.45, 7) is 3.86. The zero-order chi connectivity index (χ0) is 6.85. The van der Waals surface area contributed by atoms with Crippen LogP contribution in [0.25, 0.3) is 0 Å². The van der Waals surface area contributed by atoms with Gasteiger partial charge in [0.05, 0.1) is 0 Å². The van der Waals surface area contributed by atoms with Gasteiger partial charge in [0.25, 0.3) is 0 Å². The molecule has 0 aliphatic heterocycles. The monoisotopic (exact) mass is 195 g/mol. The largest absolute Gasteiger partial charge is 0.368 e. The molecule has 0 fully saturated rings. The van der Waals surface area contributed by atoms with Crippen molar-refractivity contribution in [2.45, 2.75) is 13.8 Å². The van der Waals surface area contributed by atoms with Crippen molar-refractivity contribution in [1.29, 1.82) is 0 Å². The standard InChI is InChI=1S/C6H9N3.2ClH/c1-4-3-8-6(7)9-5(4)2;;/h3H,1-2H3,(H2,7,8,9);2*1H. The summed E-state index contributed by atoms with van der Waals surface area (Å²) in [6, 6.07) is 0. The summed E-state index contributed by atoms with van der Waals surface area (Å²) in [5, 5.41) is 0. The molecule has 2 N–H and O–H groups in total. The summed E-state index contributed by atoms with van der Waals surface area (Å²) in [7, 11) is 0. The summed E-state index contributed by atoms with van der Waals surface area (Å²) in [5.74, 6) is 0.345. The first-order chi connectivity index (χ1) is 4.20. The van der Waals surface area contributed by atoms with E-state index in [0.717, 1.165) is 11.3 Å². The van der Waals surface area contributed by atoms with Gasteiger partial charge in [-0.3, -0.25) is 0 Å². The van der Waals surface area contributed by atoms with Crippen molar-refractivity contribution >= 4 is 30.8 Å². The van der Waals surface area contributed by atoms with Gasteiger partial charge in [0, 0.05) is 11.9 Å². The number of nitrogen functional groups attached to an aromatic ring is 1. The second kappa shape index (κ2) is 5.16. The maximum Gasteiger partial charge on any atom is 0.220 e. The molecule has 1 rings (SSSR count). The minimum atomic E-state index is 0. The molecule has 0 aromatic carbocycles. The Bertz CT molecular complexity index is 227. The van der Waals surface area contributed by atoms with Gasteiger partial charge in [0.2, 0.25) is 5.95 Å². The smallest absolute Gasteiger partial charge is 0.220 e. The Morgan fingerprint density at radius 3 is 2.18 bits per heavy atom. The van der Waals surface area contributed by atoms with Crippen LogP contribution in [0, 0.1) is 13.8 Å². The van der Waals surface area contributed by atoms with E-state index in [2.05, 4.69) is 9.97 Å². The fraction of sp³-hybridized carbons (Fsp3) is 0.333. The molecule has 0 amide bonds. The lowest BCUT2D eigenvalue weighted by atomic mass is 10.3. The highest BCUT2D eigenvalue weighted by atomic mass is 35.5. The first kappa shape index (κ1) is 13.1. The summed E-state index contributed by atoms with van der Waals surface area (Å²) in [4.78, 5) is 7.75. The maximum atomic E-state index is 5.31. The Morgan fingerprint density at radius 1 is 1.27 bits per heavy atom. The molecule has 0 saturated carbocycles. The van der Waals surface area contributed by atoms with Crippen molar-refractivity contribution in [2.24, 2.45) is 0 Å². The van der Waals surface area contributed by atoms with Crippen LogP contribution in [0.1, 0.15) is 11.3 Å². The van der Waals surface area contributed by atoms with E-state index in [4.69, 9.17) is 5.73 Å². The van der Waals surface area contributed by atoms with Crippen molar-refractivity contribution in [3.8, 4) is 0 Å². The normalized spacial score (nSPS) is 7.82. The highest BCUT2D eigenvalue weighted by molar-refractivity contribution is 5.85. The van der Waals surface area contributed by atoms with Gasteiger partial charge in [-0.15, -0.1) is 24.8 Å². The molecule has 0 atom stereocenters. The van der Waals surface area contributed by atoms with Crippen LogP contribution in [0.3, 0.4) is 0 Å². The predicted octanol–water partition coefficient (Wildman–Crippen LogP) is 1.52. The maximum absolute atomic E-state index is 5.31. The van der Waals surface area contributed by atoms with Gasteiger partial charge >= 0.3 is 0 Å². The third-order valence-corrected chi connectivity index (χ3v) is 1.24. The van der Waals surface area contributed by atoms with E-state index >= 15 is 0 Å². The Morgan fingerprint density at radius 2 is 1.82 bits per heavy atom. The zero-order valence-corrected chi connectivity index (χ0v) is 8.00. The molecule has 0 bridgehead atoms. The van der Waals surface area contributed by atoms with Crippen molar-refractivity contribution in [3.05, 3.63) is 17.5 Å². The summed E-state index contributed by atoms with van der Waals surface area (Å²) in [5.41, 5.74) is 7.33. The van der Waals surface area contributed by atoms with Crippen LogP contribution >= 0.6 is 24.8 Å². The molecule has 0 spiro atoms. The molecule has 0 radical (unpaired) electrons. The van der Waals surface area contributed by atoms with Crippen LogP contribution in [0.15, 0.2) is 6.20 Å². The van der Waals surface area contributed by atoms with Crippen LogP contribution in [-0.2, 0) is 0 Å². The van der Waals surface area contributed by atoms with Crippen LogP contribution in [-0.4, -0.2) is 9.97 Å². The van der Waals surface area contributed by atoms with Crippen molar-refractivity contribution in [3.63, 3.8) is 0 Å². The molecule has 0 aliphatic rings. The highest BCUT2D eigenvalue weighted by Gasteiger charge is 1.92. The van der Waals surface area contributed by atoms with E-state index in [0.29, 0.717) is 5.95 Å². The first-order valence-corrected chi connectivity index (χ1v) is 2.76. The number of aromatic nitrogens is 2. The molecule has 1 aromatic rings. The lowest BCUT2D eigenvalue weighted by Crippen LogP contribution is -1.97. The average molecular weight is 196 g/mol. The van der Waals surface area contributed by atoms with E-state index in [1.165, 1.54) is 0 Å². The Hall–Kier alpha value is -0.540. The number of aryl methyl sites for hydroxylation is 2. The minimum absolute atomic E-state index is 0. The van der Waals surface area contributed by atoms with Crippen LogP contribution in [0.5, 0.6) is 0 Å². The second-order valence-corrected chi connectivity index (χ2v) is 2.00. The van der Waals surface area contributed by atoms with Crippen molar-refractivity contribution in [1.82, 2.24) is 9.97 Å². The molecular formula is C6H11Cl2N3. The highest BCUT2D eigenvalue weighted by Crippen LogP contribution is 2.00. The molecule has 1 heterocycles. The SMILES string of the molecule is Cc1cnc(N)nc1C.Cl.Cl. The number of halogens is 2. The quantitative estimate of drug-likeness (QED) is 0.684. The molecule has 0 unspecified atom stereocenters. The van der Waals surface area contributed by atoms with Crippen molar-refractivity contribution in [2.75, 3.05) is 5.73 Å². The van der Waals surface area contributed by atoms with Gasteiger partial charge < -0.3 is 5.73 Å². The van der Waals surface area contributed by atoms with Gasteiger partial charge in [0.15, 0.2) is 0 Å². The number of rotatable bonds is 0.